The van der Waals surface area contributed by atoms with E-state index in [1.165, 1.54) is 4.88 Å². The largest absolute Gasteiger partial charge is 0.390 e. The van der Waals surface area contributed by atoms with E-state index in [2.05, 4.69) is 4.98 Å². The Balaban J connectivity index is 1.97. The highest BCUT2D eigenvalue weighted by molar-refractivity contribution is 7.11. The Morgan fingerprint density at radius 1 is 1.69 bits per heavy atom. The standard InChI is InChI=1S/C9H13NO2S/c1-6-10-3-8(13-6)2-7-4-12-5-9(7)11/h3,7,9,11H,2,4-5H2,1H3. The third-order valence-corrected chi connectivity index (χ3v) is 3.23. The first-order valence-corrected chi connectivity index (χ1v) is 5.24. The van der Waals surface area contributed by atoms with Crippen molar-refractivity contribution in [3.8, 4) is 0 Å². The fourth-order valence-corrected chi connectivity index (χ4v) is 2.43. The molecule has 0 aliphatic carbocycles. The Morgan fingerprint density at radius 3 is 3.08 bits per heavy atom. The van der Waals surface area contributed by atoms with E-state index >= 15 is 0 Å². The van der Waals surface area contributed by atoms with Gasteiger partial charge in [-0.2, -0.15) is 0 Å². The highest BCUT2D eigenvalue weighted by Gasteiger charge is 2.26. The fourth-order valence-electron chi connectivity index (χ4n) is 1.54. The minimum Gasteiger partial charge on any atom is -0.390 e. The number of aliphatic hydroxyl groups excluding tert-OH is 1. The average molecular weight is 199 g/mol. The molecule has 0 spiro atoms. The molecule has 1 aliphatic rings. The predicted octanol–water partition coefficient (Wildman–Crippen LogP) is 1.00. The normalized spacial score (nSPS) is 28.2. The maximum absolute atomic E-state index is 9.52. The van der Waals surface area contributed by atoms with E-state index in [1.807, 2.05) is 13.1 Å². The van der Waals surface area contributed by atoms with Crippen LogP contribution in [-0.4, -0.2) is 29.4 Å². The first-order chi connectivity index (χ1) is 6.25. The number of hydrogen-bond donors (Lipinski definition) is 1. The summed E-state index contributed by atoms with van der Waals surface area (Å²) in [6.07, 6.45) is 2.50. The Labute approximate surface area is 81.4 Å². The molecule has 1 N–H and O–H groups in total. The van der Waals surface area contributed by atoms with Crippen LogP contribution in [-0.2, 0) is 11.2 Å². The van der Waals surface area contributed by atoms with Crippen molar-refractivity contribution >= 4 is 11.3 Å². The summed E-state index contributed by atoms with van der Waals surface area (Å²) in [5, 5.41) is 10.6. The van der Waals surface area contributed by atoms with Crippen molar-refractivity contribution in [3.63, 3.8) is 0 Å². The van der Waals surface area contributed by atoms with Crippen molar-refractivity contribution in [3.05, 3.63) is 16.1 Å². The van der Waals surface area contributed by atoms with Gasteiger partial charge >= 0.3 is 0 Å². The summed E-state index contributed by atoms with van der Waals surface area (Å²) < 4.78 is 5.18. The van der Waals surface area contributed by atoms with Gasteiger partial charge in [-0.05, 0) is 13.3 Å². The molecular formula is C9H13NO2S. The smallest absolute Gasteiger partial charge is 0.0896 e. The lowest BCUT2D eigenvalue weighted by Crippen LogP contribution is -2.19. The van der Waals surface area contributed by atoms with E-state index in [-0.39, 0.29) is 12.0 Å². The van der Waals surface area contributed by atoms with Crippen molar-refractivity contribution in [1.29, 1.82) is 0 Å². The first-order valence-electron chi connectivity index (χ1n) is 4.43. The molecule has 2 heterocycles. The lowest BCUT2D eigenvalue weighted by molar-refractivity contribution is 0.118. The summed E-state index contributed by atoms with van der Waals surface area (Å²) in [6, 6.07) is 0. The molecule has 2 rings (SSSR count). The Kier molecular flexibility index (Phi) is 2.62. The molecule has 1 aromatic rings. The third-order valence-electron chi connectivity index (χ3n) is 2.30. The minimum absolute atomic E-state index is 0.264. The third kappa shape index (κ3) is 2.07. The summed E-state index contributed by atoms with van der Waals surface area (Å²) in [5.74, 6) is 0.264. The number of aromatic nitrogens is 1. The van der Waals surface area contributed by atoms with Crippen LogP contribution >= 0.6 is 11.3 Å². The highest BCUT2D eigenvalue weighted by Crippen LogP contribution is 2.22. The second-order valence-corrected chi connectivity index (χ2v) is 4.73. The van der Waals surface area contributed by atoms with Crippen LogP contribution in [0.15, 0.2) is 6.20 Å². The molecule has 0 amide bonds. The van der Waals surface area contributed by atoms with Gasteiger partial charge in [0.25, 0.3) is 0 Å². The number of nitrogens with zero attached hydrogens (tertiary/aromatic N) is 1. The molecule has 0 aromatic carbocycles. The highest BCUT2D eigenvalue weighted by atomic mass is 32.1. The van der Waals surface area contributed by atoms with Crippen LogP contribution in [0, 0.1) is 12.8 Å². The summed E-state index contributed by atoms with van der Waals surface area (Å²) in [4.78, 5) is 5.42. The molecule has 1 saturated heterocycles. The number of rotatable bonds is 2. The number of hydrogen-bond acceptors (Lipinski definition) is 4. The summed E-state index contributed by atoms with van der Waals surface area (Å²) in [6.45, 7) is 3.16. The number of thiazole rings is 1. The fraction of sp³-hybridized carbons (Fsp3) is 0.667. The summed E-state index contributed by atoms with van der Waals surface area (Å²) in [7, 11) is 0. The Hall–Kier alpha value is -0.450. The summed E-state index contributed by atoms with van der Waals surface area (Å²) >= 11 is 1.70. The van der Waals surface area contributed by atoms with Crippen LogP contribution < -0.4 is 0 Å². The molecule has 72 valence electrons. The van der Waals surface area contributed by atoms with E-state index in [9.17, 15) is 5.11 Å². The Morgan fingerprint density at radius 2 is 2.54 bits per heavy atom. The second kappa shape index (κ2) is 3.74. The van der Waals surface area contributed by atoms with Crippen molar-refractivity contribution in [2.24, 2.45) is 5.92 Å². The molecule has 4 heteroatoms. The van der Waals surface area contributed by atoms with Crippen LogP contribution in [0.2, 0.25) is 0 Å². The van der Waals surface area contributed by atoms with Crippen LogP contribution in [0.25, 0.3) is 0 Å². The average Bonchev–Trinajstić information content (AvgIpc) is 2.64. The van der Waals surface area contributed by atoms with Gasteiger partial charge in [0, 0.05) is 17.0 Å². The van der Waals surface area contributed by atoms with Gasteiger partial charge in [0.1, 0.15) is 0 Å². The van der Waals surface area contributed by atoms with E-state index in [1.54, 1.807) is 11.3 Å². The van der Waals surface area contributed by atoms with E-state index in [4.69, 9.17) is 4.74 Å². The lowest BCUT2D eigenvalue weighted by Gasteiger charge is -2.09. The van der Waals surface area contributed by atoms with Crippen LogP contribution in [0.3, 0.4) is 0 Å². The first kappa shape index (κ1) is 9.12. The van der Waals surface area contributed by atoms with Gasteiger partial charge in [0.2, 0.25) is 0 Å². The Bertz CT molecular complexity index is 287. The van der Waals surface area contributed by atoms with Gasteiger partial charge < -0.3 is 9.84 Å². The van der Waals surface area contributed by atoms with Crippen LogP contribution in [0.5, 0.6) is 0 Å². The molecule has 13 heavy (non-hydrogen) atoms. The van der Waals surface area contributed by atoms with Gasteiger partial charge in [-0.3, -0.25) is 0 Å². The monoisotopic (exact) mass is 199 g/mol. The quantitative estimate of drug-likeness (QED) is 0.772. The number of aryl methyl sites for hydroxylation is 1. The van der Waals surface area contributed by atoms with Gasteiger partial charge in [-0.25, -0.2) is 4.98 Å². The zero-order valence-corrected chi connectivity index (χ0v) is 8.38. The zero-order valence-electron chi connectivity index (χ0n) is 7.56. The molecular weight excluding hydrogens is 186 g/mol. The van der Waals surface area contributed by atoms with Gasteiger partial charge in [-0.1, -0.05) is 0 Å². The van der Waals surface area contributed by atoms with E-state index in [0.29, 0.717) is 13.2 Å². The minimum atomic E-state index is -0.289. The molecule has 0 bridgehead atoms. The second-order valence-electron chi connectivity index (χ2n) is 3.41. The lowest BCUT2D eigenvalue weighted by atomic mass is 10.0. The molecule has 3 nitrogen and oxygen atoms in total. The predicted molar refractivity (Wildman–Crippen MR) is 50.9 cm³/mol. The van der Waals surface area contributed by atoms with Crippen molar-refractivity contribution < 1.29 is 9.84 Å². The van der Waals surface area contributed by atoms with E-state index in [0.717, 1.165) is 11.4 Å². The molecule has 2 atom stereocenters. The van der Waals surface area contributed by atoms with Crippen LogP contribution in [0.1, 0.15) is 9.88 Å². The SMILES string of the molecule is Cc1ncc(CC2COCC2O)s1. The summed E-state index contributed by atoms with van der Waals surface area (Å²) in [5.41, 5.74) is 0. The van der Waals surface area contributed by atoms with Gasteiger partial charge in [-0.15, -0.1) is 11.3 Å². The topological polar surface area (TPSA) is 42.4 Å². The van der Waals surface area contributed by atoms with Gasteiger partial charge in [0.05, 0.1) is 24.3 Å². The van der Waals surface area contributed by atoms with Crippen LogP contribution in [0.4, 0.5) is 0 Å². The van der Waals surface area contributed by atoms with Crippen molar-refractivity contribution in [1.82, 2.24) is 4.98 Å². The molecule has 1 aromatic heterocycles. The molecule has 2 unspecified atom stereocenters. The maximum Gasteiger partial charge on any atom is 0.0896 e. The maximum atomic E-state index is 9.52. The molecule has 0 saturated carbocycles. The number of aliphatic hydroxyl groups is 1. The van der Waals surface area contributed by atoms with E-state index < -0.39 is 0 Å². The molecule has 1 aliphatic heterocycles. The zero-order chi connectivity index (χ0) is 9.26. The van der Waals surface area contributed by atoms with Crippen molar-refractivity contribution in [2.75, 3.05) is 13.2 Å². The molecule has 1 fully saturated rings. The molecule has 0 radical (unpaired) electrons. The van der Waals surface area contributed by atoms with Gasteiger partial charge in [0.15, 0.2) is 0 Å². The number of ether oxygens (including phenoxy) is 1. The van der Waals surface area contributed by atoms with Crippen molar-refractivity contribution in [2.45, 2.75) is 19.4 Å².